The van der Waals surface area contributed by atoms with Gasteiger partial charge in [-0.25, -0.2) is 8.37 Å². The van der Waals surface area contributed by atoms with Crippen LogP contribution in [0.25, 0.3) is 0 Å². The predicted molar refractivity (Wildman–Crippen MR) is 74.1 cm³/mol. The Bertz CT molecular complexity index is 604. The number of methoxy groups -OCH3 is 1. The largest absolute Gasteiger partial charge is 1.00 e. The zero-order chi connectivity index (χ0) is 17.8. The Balaban J connectivity index is 0.00000529. The SMILES string of the molecule is C=CCO[C@@H]1[C@@H](OS(=O)(=O)O)[C@@H](OS(=O)(=O)O)[C@H](OC)O[C@H]1C.[Na+]. The predicted octanol–water partition coefficient (Wildman–Crippen LogP) is -3.67. The molecule has 1 rings (SSSR count). The Kier molecular flexibility index (Phi) is 10.0. The number of hydrogen-bond donors (Lipinski definition) is 2. The van der Waals surface area contributed by atoms with E-state index in [-0.39, 0.29) is 36.2 Å². The smallest absolute Gasteiger partial charge is 0.369 e. The first-order chi connectivity index (χ1) is 10.5. The van der Waals surface area contributed by atoms with Gasteiger partial charge in [-0.15, -0.1) is 6.58 Å². The van der Waals surface area contributed by atoms with E-state index < -0.39 is 51.5 Å². The van der Waals surface area contributed by atoms with Crippen LogP contribution in [0.3, 0.4) is 0 Å². The molecule has 0 amide bonds. The maximum Gasteiger partial charge on any atom is 1.00 e. The molecular weight excluding hydrogens is 383 g/mol. The summed E-state index contributed by atoms with van der Waals surface area (Å²) in [5.74, 6) is 0. The van der Waals surface area contributed by atoms with E-state index in [0.717, 1.165) is 7.11 Å². The fraction of sp³-hybridized carbons (Fsp3) is 0.800. The van der Waals surface area contributed by atoms with Crippen molar-refractivity contribution < 1.29 is 78.1 Å². The average Bonchev–Trinajstić information content (AvgIpc) is 2.38. The van der Waals surface area contributed by atoms with Gasteiger partial charge in [0.05, 0.1) is 12.7 Å². The third-order valence-electron chi connectivity index (χ3n) is 2.83. The zero-order valence-electron chi connectivity index (χ0n) is 13.3. The van der Waals surface area contributed by atoms with E-state index in [0.29, 0.717) is 0 Å². The van der Waals surface area contributed by atoms with Gasteiger partial charge in [-0.05, 0) is 6.92 Å². The van der Waals surface area contributed by atoms with Gasteiger partial charge in [-0.2, -0.15) is 16.8 Å². The summed E-state index contributed by atoms with van der Waals surface area (Å²) < 4.78 is 86.1. The Morgan fingerprint density at radius 1 is 1.08 bits per heavy atom. The summed E-state index contributed by atoms with van der Waals surface area (Å²) in [6.07, 6.45) is -5.51. The van der Waals surface area contributed by atoms with E-state index in [1.807, 2.05) is 0 Å². The van der Waals surface area contributed by atoms with E-state index in [9.17, 15) is 16.8 Å². The van der Waals surface area contributed by atoms with Gasteiger partial charge in [0.1, 0.15) is 12.2 Å². The first-order valence-corrected chi connectivity index (χ1v) is 8.93. The van der Waals surface area contributed by atoms with Crippen molar-refractivity contribution in [2.45, 2.75) is 37.6 Å². The summed E-state index contributed by atoms with van der Waals surface area (Å²) in [6.45, 7) is 4.83. The van der Waals surface area contributed by atoms with E-state index in [4.69, 9.17) is 23.3 Å². The van der Waals surface area contributed by atoms with Crippen molar-refractivity contribution in [3.8, 4) is 0 Å². The van der Waals surface area contributed by atoms with Crippen molar-refractivity contribution in [1.82, 2.24) is 0 Å². The molecule has 1 saturated heterocycles. The Morgan fingerprint density at radius 3 is 2.00 bits per heavy atom. The summed E-state index contributed by atoms with van der Waals surface area (Å²) in [6, 6.07) is 0. The van der Waals surface area contributed by atoms with Crippen molar-refractivity contribution in [1.29, 1.82) is 0 Å². The zero-order valence-corrected chi connectivity index (χ0v) is 16.9. The molecule has 0 aromatic heterocycles. The normalized spacial score (nSPS) is 31.2. The third kappa shape index (κ3) is 7.72. The average molecular weight is 401 g/mol. The number of hydrogen-bond acceptors (Lipinski definition) is 9. The topological polar surface area (TPSA) is 155 Å². The molecule has 0 aromatic carbocycles. The minimum absolute atomic E-state index is 0. The van der Waals surface area contributed by atoms with Crippen LogP contribution in [0.4, 0.5) is 0 Å². The van der Waals surface area contributed by atoms with Gasteiger partial charge in [0.2, 0.25) is 0 Å². The van der Waals surface area contributed by atoms with Crippen LogP contribution in [0, 0.1) is 0 Å². The third-order valence-corrected chi connectivity index (χ3v) is 3.76. The maximum absolute atomic E-state index is 11.0. The van der Waals surface area contributed by atoms with Crippen LogP contribution >= 0.6 is 0 Å². The Hall–Kier alpha value is 0.360. The molecule has 0 aromatic rings. The molecule has 14 heteroatoms. The van der Waals surface area contributed by atoms with Gasteiger partial charge >= 0.3 is 50.4 Å². The molecule has 0 radical (unpaired) electrons. The van der Waals surface area contributed by atoms with Crippen LogP contribution in [0.5, 0.6) is 0 Å². The molecule has 136 valence electrons. The molecule has 24 heavy (non-hydrogen) atoms. The minimum atomic E-state index is -5.01. The molecule has 0 unspecified atom stereocenters. The van der Waals surface area contributed by atoms with E-state index in [2.05, 4.69) is 14.9 Å². The summed E-state index contributed by atoms with van der Waals surface area (Å²) >= 11 is 0. The Labute approximate surface area is 162 Å². The van der Waals surface area contributed by atoms with Gasteiger partial charge in [0.15, 0.2) is 12.4 Å². The van der Waals surface area contributed by atoms with Gasteiger partial charge in [-0.1, -0.05) is 6.08 Å². The van der Waals surface area contributed by atoms with Crippen molar-refractivity contribution in [2.75, 3.05) is 13.7 Å². The van der Waals surface area contributed by atoms with Gasteiger partial charge in [-0.3, -0.25) is 9.11 Å². The van der Waals surface area contributed by atoms with Crippen LogP contribution < -0.4 is 29.6 Å². The van der Waals surface area contributed by atoms with E-state index >= 15 is 0 Å². The van der Waals surface area contributed by atoms with E-state index in [1.54, 1.807) is 0 Å². The Morgan fingerprint density at radius 2 is 1.58 bits per heavy atom. The minimum Gasteiger partial charge on any atom is -0.369 e. The van der Waals surface area contributed by atoms with E-state index in [1.165, 1.54) is 13.0 Å². The van der Waals surface area contributed by atoms with Crippen LogP contribution in [0.1, 0.15) is 6.92 Å². The standard InChI is InChI=1S/C10H18O11S2.Na/c1-4-5-18-7-6(2)19-10(17-3)9(21-23(14,15)16)8(7)20-22(11,12)13;/h4,6-10H,1,5H2,2-3H3,(H,11,12,13)(H,14,15,16);/q;+1/t6-,7-,8+,9+,10+;/m0./s1. The van der Waals surface area contributed by atoms with Gasteiger partial charge in [0, 0.05) is 7.11 Å². The summed E-state index contributed by atoms with van der Waals surface area (Å²) in [7, 11) is -8.88. The maximum atomic E-state index is 11.0. The summed E-state index contributed by atoms with van der Waals surface area (Å²) in [5.41, 5.74) is 0. The quantitative estimate of drug-likeness (QED) is 0.235. The van der Waals surface area contributed by atoms with Crippen LogP contribution in [0.2, 0.25) is 0 Å². The molecule has 11 nitrogen and oxygen atoms in total. The molecule has 1 heterocycles. The second-order valence-corrected chi connectivity index (χ2v) is 6.60. The van der Waals surface area contributed by atoms with Crippen molar-refractivity contribution >= 4 is 20.8 Å². The molecule has 0 bridgehead atoms. The summed E-state index contributed by atoms with van der Waals surface area (Å²) in [4.78, 5) is 0. The monoisotopic (exact) mass is 401 g/mol. The number of rotatable bonds is 8. The van der Waals surface area contributed by atoms with Crippen molar-refractivity contribution in [2.24, 2.45) is 0 Å². The van der Waals surface area contributed by atoms with Crippen molar-refractivity contribution in [3.63, 3.8) is 0 Å². The van der Waals surface area contributed by atoms with Crippen LogP contribution in [-0.2, 0) is 43.4 Å². The molecule has 1 aliphatic heterocycles. The van der Waals surface area contributed by atoms with Crippen LogP contribution in [-0.4, -0.2) is 70.4 Å². The molecule has 5 atom stereocenters. The second kappa shape index (κ2) is 9.89. The van der Waals surface area contributed by atoms with Crippen molar-refractivity contribution in [3.05, 3.63) is 12.7 Å². The molecule has 0 saturated carbocycles. The first kappa shape index (κ1) is 24.4. The molecule has 1 aliphatic rings. The summed E-state index contributed by atoms with van der Waals surface area (Å²) in [5, 5.41) is 0. The molecule has 2 N–H and O–H groups in total. The molecule has 0 spiro atoms. The number of ether oxygens (including phenoxy) is 3. The molecule has 1 fully saturated rings. The fourth-order valence-corrected chi connectivity index (χ4v) is 3.05. The second-order valence-electron chi connectivity index (χ2n) is 4.51. The first-order valence-electron chi connectivity index (χ1n) is 6.20. The van der Waals surface area contributed by atoms with Crippen LogP contribution in [0.15, 0.2) is 12.7 Å². The van der Waals surface area contributed by atoms with Gasteiger partial charge in [0.25, 0.3) is 0 Å². The molecular formula is C10H18NaO11S2+. The fourth-order valence-electron chi connectivity index (χ4n) is 2.06. The molecule has 0 aliphatic carbocycles. The van der Waals surface area contributed by atoms with Gasteiger partial charge < -0.3 is 14.2 Å².